The summed E-state index contributed by atoms with van der Waals surface area (Å²) in [5.41, 5.74) is 4.29. The Morgan fingerprint density at radius 3 is 2.39 bits per heavy atom. The first-order valence-electron chi connectivity index (χ1n) is 8.24. The summed E-state index contributed by atoms with van der Waals surface area (Å²) in [6.07, 6.45) is 1.12. The van der Waals surface area contributed by atoms with E-state index in [0.29, 0.717) is 11.1 Å². The van der Waals surface area contributed by atoms with Crippen LogP contribution in [0.1, 0.15) is 22.3 Å². The van der Waals surface area contributed by atoms with E-state index in [0.717, 1.165) is 11.8 Å². The average molecular weight is 404 g/mol. The van der Waals surface area contributed by atoms with Crippen LogP contribution in [0, 0.1) is 30.9 Å². The van der Waals surface area contributed by atoms with Gasteiger partial charge in [-0.1, -0.05) is 29.8 Å². The number of carbonyl (C=O) groups excluding carboxylic acids is 1. The Hall–Kier alpha value is -3.11. The van der Waals surface area contributed by atoms with E-state index >= 15 is 0 Å². The SMILES string of the molecule is Cc1cc(C)c(S(=O)(=O)NCC(=O)N/N=C\c2ccccc2[N+](=O)[O-])c(C)c1. The molecule has 0 aliphatic carbocycles. The molecule has 0 fully saturated rings. The third-order valence-corrected chi connectivity index (χ3v) is 5.53. The van der Waals surface area contributed by atoms with Gasteiger partial charge in [-0.25, -0.2) is 18.6 Å². The number of rotatable bonds is 7. The van der Waals surface area contributed by atoms with E-state index in [-0.39, 0.29) is 16.1 Å². The van der Waals surface area contributed by atoms with Gasteiger partial charge in [-0.2, -0.15) is 5.10 Å². The first-order valence-corrected chi connectivity index (χ1v) is 9.73. The Morgan fingerprint density at radius 2 is 1.79 bits per heavy atom. The van der Waals surface area contributed by atoms with Crippen LogP contribution in [0.4, 0.5) is 5.69 Å². The fourth-order valence-electron chi connectivity index (χ4n) is 2.80. The van der Waals surface area contributed by atoms with Crippen molar-refractivity contribution >= 4 is 27.8 Å². The number of hydrogen-bond donors (Lipinski definition) is 2. The quantitative estimate of drug-likeness (QED) is 0.414. The maximum Gasteiger partial charge on any atom is 0.278 e. The van der Waals surface area contributed by atoms with Crippen LogP contribution in [-0.4, -0.2) is 32.0 Å². The lowest BCUT2D eigenvalue weighted by Crippen LogP contribution is -2.35. The van der Waals surface area contributed by atoms with Crippen LogP contribution in [0.25, 0.3) is 0 Å². The molecule has 2 rings (SSSR count). The molecular formula is C18H20N4O5S. The van der Waals surface area contributed by atoms with Gasteiger partial charge in [-0.05, 0) is 38.0 Å². The molecule has 28 heavy (non-hydrogen) atoms. The van der Waals surface area contributed by atoms with Gasteiger partial charge in [-0.3, -0.25) is 14.9 Å². The van der Waals surface area contributed by atoms with E-state index in [1.807, 2.05) is 6.92 Å². The fourth-order valence-corrected chi connectivity index (χ4v) is 4.23. The highest BCUT2D eigenvalue weighted by Crippen LogP contribution is 2.21. The summed E-state index contributed by atoms with van der Waals surface area (Å²) in [5.74, 6) is -0.708. The number of nitro benzene ring substituents is 1. The van der Waals surface area contributed by atoms with Crippen LogP contribution in [0.15, 0.2) is 46.4 Å². The molecule has 0 atom stereocenters. The van der Waals surface area contributed by atoms with E-state index in [4.69, 9.17) is 0 Å². The van der Waals surface area contributed by atoms with Crippen LogP contribution in [0.3, 0.4) is 0 Å². The minimum Gasteiger partial charge on any atom is -0.272 e. The van der Waals surface area contributed by atoms with Crippen LogP contribution >= 0.6 is 0 Å². The minimum absolute atomic E-state index is 0.134. The van der Waals surface area contributed by atoms with Gasteiger partial charge >= 0.3 is 0 Å². The van der Waals surface area contributed by atoms with Crippen molar-refractivity contribution < 1.29 is 18.1 Å². The van der Waals surface area contributed by atoms with Gasteiger partial charge in [0, 0.05) is 6.07 Å². The summed E-state index contributed by atoms with van der Waals surface area (Å²) >= 11 is 0. The zero-order chi connectivity index (χ0) is 20.9. The van der Waals surface area contributed by atoms with Crippen LogP contribution in [0.2, 0.25) is 0 Å². The highest BCUT2D eigenvalue weighted by Gasteiger charge is 2.20. The summed E-state index contributed by atoms with van der Waals surface area (Å²) in [7, 11) is -3.88. The topological polar surface area (TPSA) is 131 Å². The smallest absolute Gasteiger partial charge is 0.272 e. The van der Waals surface area contributed by atoms with E-state index < -0.39 is 27.4 Å². The fraction of sp³-hybridized carbons (Fsp3) is 0.222. The van der Waals surface area contributed by atoms with E-state index in [1.165, 1.54) is 18.2 Å². The number of sulfonamides is 1. The summed E-state index contributed by atoms with van der Waals surface area (Å²) in [6.45, 7) is 4.72. The first-order chi connectivity index (χ1) is 13.1. The molecule has 2 aromatic carbocycles. The highest BCUT2D eigenvalue weighted by molar-refractivity contribution is 7.89. The largest absolute Gasteiger partial charge is 0.278 e. The molecule has 0 saturated heterocycles. The lowest BCUT2D eigenvalue weighted by atomic mass is 10.1. The Bertz CT molecular complexity index is 1020. The van der Waals surface area contributed by atoms with Crippen molar-refractivity contribution in [3.8, 4) is 0 Å². The molecule has 0 aliphatic heterocycles. The van der Waals surface area contributed by atoms with Gasteiger partial charge in [0.25, 0.3) is 11.6 Å². The monoisotopic (exact) mass is 404 g/mol. The number of para-hydroxylation sites is 1. The number of nitro groups is 1. The molecule has 0 aromatic heterocycles. The van der Waals surface area contributed by atoms with E-state index in [1.54, 1.807) is 32.0 Å². The summed E-state index contributed by atoms with van der Waals surface area (Å²) in [5, 5.41) is 14.6. The molecule has 1 amide bonds. The van der Waals surface area contributed by atoms with Gasteiger partial charge in [-0.15, -0.1) is 0 Å². The zero-order valence-corrected chi connectivity index (χ0v) is 16.4. The van der Waals surface area contributed by atoms with Crippen molar-refractivity contribution in [2.45, 2.75) is 25.7 Å². The van der Waals surface area contributed by atoms with E-state index in [9.17, 15) is 23.3 Å². The number of carbonyl (C=O) groups is 1. The molecule has 0 heterocycles. The molecule has 0 aliphatic rings. The second-order valence-corrected chi connectivity index (χ2v) is 7.87. The zero-order valence-electron chi connectivity index (χ0n) is 15.6. The maximum atomic E-state index is 12.5. The molecule has 0 saturated carbocycles. The predicted octanol–water partition coefficient (Wildman–Crippen LogP) is 1.95. The standard InChI is InChI=1S/C18H20N4O5S/c1-12-8-13(2)18(14(3)9-12)28(26,27)20-11-17(23)21-19-10-15-6-4-5-7-16(15)22(24)25/h4-10,20H,11H2,1-3H3,(H,21,23)/b19-10-. The Balaban J connectivity index is 2.02. The van der Waals surface area contributed by atoms with Crippen LogP contribution in [0.5, 0.6) is 0 Å². The normalized spacial score (nSPS) is 11.5. The number of aryl methyl sites for hydroxylation is 3. The molecule has 9 nitrogen and oxygen atoms in total. The predicted molar refractivity (Wildman–Crippen MR) is 105 cm³/mol. The maximum absolute atomic E-state index is 12.5. The van der Waals surface area contributed by atoms with Gasteiger partial charge in [0.1, 0.15) is 0 Å². The first kappa shape index (κ1) is 21.2. The second-order valence-electron chi connectivity index (χ2n) is 6.16. The minimum atomic E-state index is -3.88. The van der Waals surface area contributed by atoms with Crippen molar-refractivity contribution in [1.29, 1.82) is 0 Å². The van der Waals surface area contributed by atoms with E-state index in [2.05, 4.69) is 15.2 Å². The number of nitrogens with zero attached hydrogens (tertiary/aromatic N) is 2. The Kier molecular flexibility index (Phi) is 6.60. The number of amides is 1. The molecular weight excluding hydrogens is 384 g/mol. The molecule has 0 radical (unpaired) electrons. The van der Waals surface area contributed by atoms with Crippen molar-refractivity contribution in [2.75, 3.05) is 6.54 Å². The van der Waals surface area contributed by atoms with Crippen LogP contribution in [-0.2, 0) is 14.8 Å². The number of benzene rings is 2. The van der Waals surface area contributed by atoms with Crippen molar-refractivity contribution in [3.05, 3.63) is 68.8 Å². The highest BCUT2D eigenvalue weighted by atomic mass is 32.2. The Morgan fingerprint density at radius 1 is 1.18 bits per heavy atom. The molecule has 2 N–H and O–H groups in total. The number of hydrogen-bond acceptors (Lipinski definition) is 6. The molecule has 0 bridgehead atoms. The molecule has 0 unspecified atom stereocenters. The average Bonchev–Trinajstić information content (AvgIpc) is 2.59. The molecule has 10 heteroatoms. The van der Waals surface area contributed by atoms with Crippen LogP contribution < -0.4 is 10.1 Å². The lowest BCUT2D eigenvalue weighted by Gasteiger charge is -2.12. The number of nitrogens with one attached hydrogen (secondary N) is 2. The van der Waals surface area contributed by atoms with Gasteiger partial charge in [0.05, 0.1) is 28.1 Å². The van der Waals surface area contributed by atoms with Crippen molar-refractivity contribution in [3.63, 3.8) is 0 Å². The number of hydrazone groups is 1. The van der Waals surface area contributed by atoms with Crippen molar-refractivity contribution in [2.24, 2.45) is 5.10 Å². The van der Waals surface area contributed by atoms with Gasteiger partial charge in [0.15, 0.2) is 0 Å². The summed E-state index contributed by atoms with van der Waals surface area (Å²) < 4.78 is 27.2. The molecule has 148 valence electrons. The summed E-state index contributed by atoms with van der Waals surface area (Å²) in [4.78, 5) is 22.4. The molecule has 2 aromatic rings. The molecule has 0 spiro atoms. The third kappa shape index (κ3) is 5.21. The second kappa shape index (κ2) is 8.72. The van der Waals surface area contributed by atoms with Gasteiger partial charge in [0.2, 0.25) is 10.0 Å². The van der Waals surface area contributed by atoms with Gasteiger partial charge < -0.3 is 0 Å². The Labute approximate surface area is 162 Å². The summed E-state index contributed by atoms with van der Waals surface area (Å²) in [6, 6.07) is 9.38. The lowest BCUT2D eigenvalue weighted by molar-refractivity contribution is -0.385. The van der Waals surface area contributed by atoms with Crippen molar-refractivity contribution in [1.82, 2.24) is 10.1 Å². The third-order valence-electron chi connectivity index (χ3n) is 3.82.